The van der Waals surface area contributed by atoms with Gasteiger partial charge in [-0.25, -0.2) is 4.79 Å². The maximum absolute atomic E-state index is 10.1. The van der Waals surface area contributed by atoms with Gasteiger partial charge in [0.1, 0.15) is 0 Å². The van der Waals surface area contributed by atoms with Crippen molar-refractivity contribution in [3.63, 3.8) is 0 Å². The minimum Gasteiger partial charge on any atom is -0.478 e. The lowest BCUT2D eigenvalue weighted by Gasteiger charge is -1.96. The summed E-state index contributed by atoms with van der Waals surface area (Å²) < 4.78 is 0. The van der Waals surface area contributed by atoms with Gasteiger partial charge >= 0.3 is 5.97 Å². The van der Waals surface area contributed by atoms with Crippen LogP contribution in [-0.4, -0.2) is 16.1 Å². The topological polar surface area (TPSA) is 50.2 Å². The average Bonchev–Trinajstić information content (AvgIpc) is 2.29. The molecule has 1 heterocycles. The fourth-order valence-corrected chi connectivity index (χ4v) is 1.26. The summed E-state index contributed by atoms with van der Waals surface area (Å²) in [7, 11) is 0. The van der Waals surface area contributed by atoms with Crippen molar-refractivity contribution in [1.82, 2.24) is 4.98 Å². The molecule has 0 spiro atoms. The Kier molecular flexibility index (Phi) is 5.63. The maximum atomic E-state index is 10.1. The Morgan fingerprint density at radius 3 is 2.94 bits per heavy atom. The highest BCUT2D eigenvalue weighted by molar-refractivity contribution is 5.80. The van der Waals surface area contributed by atoms with Crippen LogP contribution in [0.1, 0.15) is 18.5 Å². The van der Waals surface area contributed by atoms with E-state index in [2.05, 4.69) is 4.98 Å². The SMILES string of the molecule is O=C(O)C=CC=CCCCc1ccccn1. The molecular weight excluding hydrogens is 202 g/mol. The first kappa shape index (κ1) is 12.2. The van der Waals surface area contributed by atoms with Crippen molar-refractivity contribution in [3.05, 3.63) is 54.4 Å². The van der Waals surface area contributed by atoms with Gasteiger partial charge in [0.2, 0.25) is 0 Å². The lowest BCUT2D eigenvalue weighted by Crippen LogP contribution is -1.87. The second kappa shape index (κ2) is 7.40. The number of rotatable bonds is 6. The molecule has 0 atom stereocenters. The third-order valence-electron chi connectivity index (χ3n) is 2.02. The smallest absolute Gasteiger partial charge is 0.328 e. The Morgan fingerprint density at radius 1 is 1.38 bits per heavy atom. The molecule has 1 aromatic heterocycles. The number of aryl methyl sites for hydroxylation is 1. The molecule has 3 heteroatoms. The highest BCUT2D eigenvalue weighted by Gasteiger charge is 1.90. The highest BCUT2D eigenvalue weighted by atomic mass is 16.4. The van der Waals surface area contributed by atoms with Crippen molar-refractivity contribution in [3.8, 4) is 0 Å². The van der Waals surface area contributed by atoms with Gasteiger partial charge in [-0.15, -0.1) is 0 Å². The summed E-state index contributed by atoms with van der Waals surface area (Å²) in [6.45, 7) is 0. The standard InChI is InChI=1S/C13H15NO2/c15-13(16)10-5-3-1-2-4-8-12-9-6-7-11-14-12/h1,3,5-7,9-11H,2,4,8H2,(H,15,16). The lowest BCUT2D eigenvalue weighted by molar-refractivity contribution is -0.131. The van der Waals surface area contributed by atoms with Crippen molar-refractivity contribution in [2.45, 2.75) is 19.3 Å². The molecule has 0 bridgehead atoms. The van der Waals surface area contributed by atoms with E-state index in [1.54, 1.807) is 12.3 Å². The van der Waals surface area contributed by atoms with E-state index in [0.29, 0.717) is 0 Å². The van der Waals surface area contributed by atoms with Crippen molar-refractivity contribution in [2.24, 2.45) is 0 Å². The van der Waals surface area contributed by atoms with Crippen LogP contribution in [0.15, 0.2) is 48.7 Å². The zero-order valence-corrected chi connectivity index (χ0v) is 9.04. The number of unbranched alkanes of at least 4 members (excludes halogenated alkanes) is 1. The van der Waals surface area contributed by atoms with Gasteiger partial charge in [0.05, 0.1) is 0 Å². The normalized spacial score (nSPS) is 11.2. The molecule has 1 aromatic rings. The van der Waals surface area contributed by atoms with Crippen LogP contribution in [0.5, 0.6) is 0 Å². The van der Waals surface area contributed by atoms with Gasteiger partial charge in [0.25, 0.3) is 0 Å². The summed E-state index contributed by atoms with van der Waals surface area (Å²) >= 11 is 0. The zero-order valence-electron chi connectivity index (χ0n) is 9.04. The van der Waals surface area contributed by atoms with Crippen molar-refractivity contribution in [2.75, 3.05) is 0 Å². The van der Waals surface area contributed by atoms with Gasteiger partial charge in [0, 0.05) is 18.0 Å². The summed E-state index contributed by atoms with van der Waals surface area (Å²) in [5.41, 5.74) is 1.09. The molecule has 0 aliphatic carbocycles. The molecule has 0 aromatic carbocycles. The number of nitrogens with zero attached hydrogens (tertiary/aromatic N) is 1. The van der Waals surface area contributed by atoms with E-state index < -0.39 is 5.97 Å². The summed E-state index contributed by atoms with van der Waals surface area (Å²) in [5.74, 6) is -0.918. The minimum atomic E-state index is -0.918. The van der Waals surface area contributed by atoms with E-state index in [0.717, 1.165) is 31.0 Å². The van der Waals surface area contributed by atoms with Gasteiger partial charge in [-0.05, 0) is 31.4 Å². The number of allylic oxidation sites excluding steroid dienone is 3. The third kappa shape index (κ3) is 5.75. The number of carboxylic acids is 1. The zero-order chi connectivity index (χ0) is 11.6. The van der Waals surface area contributed by atoms with Gasteiger partial charge in [-0.2, -0.15) is 0 Å². The third-order valence-corrected chi connectivity index (χ3v) is 2.02. The Labute approximate surface area is 95.1 Å². The minimum absolute atomic E-state index is 0.918. The second-order valence-electron chi connectivity index (χ2n) is 3.34. The van der Waals surface area contributed by atoms with E-state index in [4.69, 9.17) is 5.11 Å². The van der Waals surface area contributed by atoms with Gasteiger partial charge < -0.3 is 5.11 Å². The number of aromatic nitrogens is 1. The molecule has 0 radical (unpaired) electrons. The number of hydrogen-bond donors (Lipinski definition) is 1. The van der Waals surface area contributed by atoms with Crippen LogP contribution in [0.3, 0.4) is 0 Å². The molecule has 0 amide bonds. The van der Waals surface area contributed by atoms with Crippen LogP contribution in [0, 0.1) is 0 Å². The molecule has 0 aliphatic rings. The first-order valence-corrected chi connectivity index (χ1v) is 5.25. The summed E-state index contributed by atoms with van der Waals surface area (Å²) in [6, 6.07) is 5.89. The fraction of sp³-hybridized carbons (Fsp3) is 0.231. The fourth-order valence-electron chi connectivity index (χ4n) is 1.26. The Morgan fingerprint density at radius 2 is 2.25 bits per heavy atom. The van der Waals surface area contributed by atoms with Crippen molar-refractivity contribution < 1.29 is 9.90 Å². The molecule has 0 fully saturated rings. The van der Waals surface area contributed by atoms with E-state index in [9.17, 15) is 4.79 Å². The number of aliphatic carboxylic acids is 1. The number of carbonyl (C=O) groups is 1. The van der Waals surface area contributed by atoms with Gasteiger partial charge in [-0.3, -0.25) is 4.98 Å². The number of pyridine rings is 1. The molecule has 0 aliphatic heterocycles. The molecule has 1 rings (SSSR count). The van der Waals surface area contributed by atoms with Gasteiger partial charge in [-0.1, -0.05) is 24.3 Å². The van der Waals surface area contributed by atoms with Crippen LogP contribution in [0.25, 0.3) is 0 Å². The van der Waals surface area contributed by atoms with Crippen LogP contribution >= 0.6 is 0 Å². The second-order valence-corrected chi connectivity index (χ2v) is 3.34. The van der Waals surface area contributed by atoms with Crippen molar-refractivity contribution in [1.29, 1.82) is 0 Å². The molecular formula is C13H15NO2. The quantitative estimate of drug-likeness (QED) is 0.452. The summed E-state index contributed by atoms with van der Waals surface area (Å²) in [5, 5.41) is 8.34. The summed E-state index contributed by atoms with van der Waals surface area (Å²) in [6.07, 6.45) is 11.1. The monoisotopic (exact) mass is 217 g/mol. The number of carboxylic acid groups (broad SMARTS) is 1. The molecule has 1 N–H and O–H groups in total. The van der Waals surface area contributed by atoms with Crippen molar-refractivity contribution >= 4 is 5.97 Å². The maximum Gasteiger partial charge on any atom is 0.328 e. The molecule has 0 saturated heterocycles. The Bertz CT molecular complexity index is 369. The highest BCUT2D eigenvalue weighted by Crippen LogP contribution is 2.01. The Hall–Kier alpha value is -1.90. The molecule has 0 saturated carbocycles. The summed E-state index contributed by atoms with van der Waals surface area (Å²) in [4.78, 5) is 14.4. The van der Waals surface area contributed by atoms with E-state index in [1.807, 2.05) is 24.3 Å². The first-order valence-electron chi connectivity index (χ1n) is 5.25. The van der Waals surface area contributed by atoms with Crippen LogP contribution in [0.4, 0.5) is 0 Å². The molecule has 3 nitrogen and oxygen atoms in total. The lowest BCUT2D eigenvalue weighted by atomic mass is 10.1. The molecule has 0 unspecified atom stereocenters. The van der Waals surface area contributed by atoms with E-state index in [1.165, 1.54) is 6.08 Å². The van der Waals surface area contributed by atoms with Crippen LogP contribution in [0.2, 0.25) is 0 Å². The largest absolute Gasteiger partial charge is 0.478 e. The average molecular weight is 217 g/mol. The van der Waals surface area contributed by atoms with E-state index in [-0.39, 0.29) is 0 Å². The molecule has 84 valence electrons. The van der Waals surface area contributed by atoms with E-state index >= 15 is 0 Å². The van der Waals surface area contributed by atoms with Gasteiger partial charge in [0.15, 0.2) is 0 Å². The predicted molar refractivity (Wildman–Crippen MR) is 63.1 cm³/mol. The predicted octanol–water partition coefficient (Wildman–Crippen LogP) is 2.60. The Balaban J connectivity index is 2.15. The van der Waals surface area contributed by atoms with Crippen LogP contribution < -0.4 is 0 Å². The first-order chi connectivity index (χ1) is 7.79. The van der Waals surface area contributed by atoms with Crippen LogP contribution in [-0.2, 0) is 11.2 Å². The molecule has 16 heavy (non-hydrogen) atoms. The number of hydrogen-bond acceptors (Lipinski definition) is 2.